The summed E-state index contributed by atoms with van der Waals surface area (Å²) in [5, 5.41) is 9.77. The molecule has 2 aromatic carbocycles. The van der Waals surface area contributed by atoms with Crippen molar-refractivity contribution in [2.75, 3.05) is 13.1 Å². The molecule has 1 fully saturated rings. The topological polar surface area (TPSA) is 98.2 Å². The van der Waals surface area contributed by atoms with Crippen LogP contribution in [0.5, 0.6) is 5.75 Å². The summed E-state index contributed by atoms with van der Waals surface area (Å²) in [5.74, 6) is -0.565. The number of amides is 1. The minimum Gasteiger partial charge on any atom is -0.490 e. The Hall–Kier alpha value is -3.69. The second-order valence-corrected chi connectivity index (χ2v) is 20.2. The Morgan fingerprint density at radius 1 is 0.958 bits per heavy atom. The maximum atomic E-state index is 13.6. The first-order valence-corrected chi connectivity index (χ1v) is 20.1. The normalized spacial score (nSPS) is 15.1. The van der Waals surface area contributed by atoms with E-state index in [9.17, 15) is 14.7 Å². The molecule has 1 aliphatic carbocycles. The van der Waals surface area contributed by atoms with E-state index in [1.807, 2.05) is 63.4 Å². The van der Waals surface area contributed by atoms with E-state index in [-0.39, 0.29) is 28.9 Å². The SMILES string of the molecule is CC(C)(C)OC(=O)N(CCc1ccc(-c2ccc(C(=O)O)c(OC3CCCCC3)c2)cc1)C[C@@H](O[Si](C)(C)C(C)(C)C)c1cccnc1. The minimum absolute atomic E-state index is 0.0112. The van der Waals surface area contributed by atoms with Crippen LogP contribution in [0.4, 0.5) is 4.79 Å². The fraction of sp³-hybridized carbons (Fsp3) is 0.513. The van der Waals surface area contributed by atoms with Gasteiger partial charge < -0.3 is 23.9 Å². The molecule has 1 N–H and O–H groups in total. The molecule has 0 saturated heterocycles. The molecule has 1 aromatic heterocycles. The van der Waals surface area contributed by atoms with Crippen molar-refractivity contribution in [3.63, 3.8) is 0 Å². The van der Waals surface area contributed by atoms with E-state index >= 15 is 0 Å². The molecule has 260 valence electrons. The molecule has 1 amide bonds. The molecule has 4 rings (SSSR count). The van der Waals surface area contributed by atoms with Gasteiger partial charge in [-0.3, -0.25) is 4.98 Å². The minimum atomic E-state index is -2.20. The van der Waals surface area contributed by atoms with Gasteiger partial charge in [0, 0.05) is 18.9 Å². The lowest BCUT2D eigenvalue weighted by atomic mass is 9.97. The van der Waals surface area contributed by atoms with Crippen LogP contribution in [0, 0.1) is 0 Å². The van der Waals surface area contributed by atoms with E-state index in [1.54, 1.807) is 17.2 Å². The smallest absolute Gasteiger partial charge is 0.410 e. The molecular formula is C39H54N2O6Si. The molecule has 1 saturated carbocycles. The number of ether oxygens (including phenoxy) is 2. The largest absolute Gasteiger partial charge is 0.490 e. The summed E-state index contributed by atoms with van der Waals surface area (Å²) in [6, 6.07) is 17.4. The molecule has 0 bridgehead atoms. The zero-order valence-electron chi connectivity index (χ0n) is 30.0. The van der Waals surface area contributed by atoms with Crippen molar-refractivity contribution in [1.29, 1.82) is 0 Å². The number of hydrogen-bond donors (Lipinski definition) is 1. The number of hydrogen-bond acceptors (Lipinski definition) is 6. The van der Waals surface area contributed by atoms with Crippen LogP contribution in [0.15, 0.2) is 67.0 Å². The highest BCUT2D eigenvalue weighted by Gasteiger charge is 2.40. The fourth-order valence-electron chi connectivity index (χ4n) is 5.56. The fourth-order valence-corrected chi connectivity index (χ4v) is 6.84. The number of carboxylic acid groups (broad SMARTS) is 1. The van der Waals surface area contributed by atoms with Crippen molar-refractivity contribution in [3.8, 4) is 16.9 Å². The molecular weight excluding hydrogens is 621 g/mol. The third-order valence-electron chi connectivity index (χ3n) is 9.35. The molecule has 0 aliphatic heterocycles. The van der Waals surface area contributed by atoms with Crippen molar-refractivity contribution in [2.24, 2.45) is 0 Å². The van der Waals surface area contributed by atoms with Gasteiger partial charge in [-0.05, 0) is 111 Å². The molecule has 0 radical (unpaired) electrons. The quantitative estimate of drug-likeness (QED) is 0.191. The highest BCUT2D eigenvalue weighted by atomic mass is 28.4. The molecule has 1 heterocycles. The van der Waals surface area contributed by atoms with Crippen LogP contribution in [-0.4, -0.2) is 60.2 Å². The molecule has 1 atom stereocenters. The number of rotatable bonds is 12. The first kappa shape index (κ1) is 37.1. The summed E-state index contributed by atoms with van der Waals surface area (Å²) < 4.78 is 19.0. The summed E-state index contributed by atoms with van der Waals surface area (Å²) in [6.45, 7) is 17.5. The molecule has 0 spiro atoms. The summed E-state index contributed by atoms with van der Waals surface area (Å²) >= 11 is 0. The molecule has 8 nitrogen and oxygen atoms in total. The zero-order valence-corrected chi connectivity index (χ0v) is 31.0. The van der Waals surface area contributed by atoms with E-state index in [4.69, 9.17) is 13.9 Å². The van der Waals surface area contributed by atoms with Gasteiger partial charge in [-0.15, -0.1) is 0 Å². The van der Waals surface area contributed by atoms with Crippen molar-refractivity contribution in [2.45, 2.75) is 116 Å². The lowest BCUT2D eigenvalue weighted by Gasteiger charge is -2.40. The van der Waals surface area contributed by atoms with Crippen LogP contribution in [0.1, 0.15) is 101 Å². The Morgan fingerprint density at radius 2 is 1.62 bits per heavy atom. The third kappa shape index (κ3) is 10.4. The monoisotopic (exact) mass is 674 g/mol. The Labute approximate surface area is 288 Å². The van der Waals surface area contributed by atoms with Crippen molar-refractivity contribution >= 4 is 20.4 Å². The standard InChI is InChI=1S/C39H54N2O6Si/c1-38(2,3)46-37(44)41(27-35(31-13-12-23-40-26-31)47-48(7,8)39(4,5)6)24-22-28-16-18-29(19-17-28)30-20-21-33(36(42)43)34(25-30)45-32-14-10-9-11-15-32/h12-13,16-21,23,25-26,32,35H,9-11,14-15,22,24,27H2,1-8H3,(H,42,43)/t35-/m1/s1. The maximum absolute atomic E-state index is 13.6. The number of nitrogens with zero attached hydrogens (tertiary/aromatic N) is 2. The number of aromatic carboxylic acids is 1. The summed E-state index contributed by atoms with van der Waals surface area (Å²) in [5.41, 5.74) is 3.40. The predicted molar refractivity (Wildman–Crippen MR) is 193 cm³/mol. The second kappa shape index (κ2) is 15.7. The summed E-state index contributed by atoms with van der Waals surface area (Å²) in [6.07, 6.45) is 8.80. The Morgan fingerprint density at radius 3 is 2.21 bits per heavy atom. The first-order chi connectivity index (χ1) is 22.5. The average Bonchev–Trinajstić information content (AvgIpc) is 3.02. The van der Waals surface area contributed by atoms with Crippen molar-refractivity contribution in [3.05, 3.63) is 83.7 Å². The van der Waals surface area contributed by atoms with E-state index < -0.39 is 19.9 Å². The van der Waals surface area contributed by atoms with E-state index in [0.717, 1.165) is 47.9 Å². The predicted octanol–water partition coefficient (Wildman–Crippen LogP) is 9.70. The van der Waals surface area contributed by atoms with Crippen molar-refractivity contribution in [1.82, 2.24) is 9.88 Å². The maximum Gasteiger partial charge on any atom is 0.410 e. The van der Waals surface area contributed by atoms with E-state index in [0.29, 0.717) is 25.3 Å². The van der Waals surface area contributed by atoms with E-state index in [1.165, 1.54) is 6.42 Å². The van der Waals surface area contributed by atoms with Gasteiger partial charge in [0.15, 0.2) is 8.32 Å². The highest BCUT2D eigenvalue weighted by Crippen LogP contribution is 2.40. The molecule has 9 heteroatoms. The lowest BCUT2D eigenvalue weighted by Crippen LogP contribution is -2.46. The van der Waals surface area contributed by atoms with Crippen LogP contribution < -0.4 is 4.74 Å². The molecule has 48 heavy (non-hydrogen) atoms. The van der Waals surface area contributed by atoms with Crippen LogP contribution >= 0.6 is 0 Å². The number of carbonyl (C=O) groups excluding carboxylic acids is 1. The molecule has 1 aliphatic rings. The Balaban J connectivity index is 1.53. The number of pyridine rings is 1. The highest BCUT2D eigenvalue weighted by molar-refractivity contribution is 6.74. The van der Waals surface area contributed by atoms with Gasteiger partial charge in [0.1, 0.15) is 16.9 Å². The van der Waals surface area contributed by atoms with Gasteiger partial charge in [-0.25, -0.2) is 9.59 Å². The van der Waals surface area contributed by atoms with Crippen LogP contribution in [0.2, 0.25) is 18.1 Å². The number of aromatic nitrogens is 1. The van der Waals surface area contributed by atoms with Crippen molar-refractivity contribution < 1.29 is 28.6 Å². The Kier molecular flexibility index (Phi) is 12.1. The van der Waals surface area contributed by atoms with Gasteiger partial charge in [0.2, 0.25) is 0 Å². The average molecular weight is 675 g/mol. The van der Waals surface area contributed by atoms with Gasteiger partial charge in [0.25, 0.3) is 0 Å². The van der Waals surface area contributed by atoms with E-state index in [2.05, 4.69) is 51.0 Å². The summed E-state index contributed by atoms with van der Waals surface area (Å²) in [7, 11) is -2.20. The summed E-state index contributed by atoms with van der Waals surface area (Å²) in [4.78, 5) is 31.6. The van der Waals surface area contributed by atoms with Gasteiger partial charge in [-0.1, -0.05) is 63.6 Å². The third-order valence-corrected chi connectivity index (χ3v) is 13.8. The molecule has 3 aromatic rings. The molecule has 0 unspecified atom stereocenters. The zero-order chi connectivity index (χ0) is 35.1. The van der Waals surface area contributed by atoms with Crippen LogP contribution in [0.3, 0.4) is 0 Å². The van der Waals surface area contributed by atoms with Crippen LogP contribution in [-0.2, 0) is 15.6 Å². The number of carbonyl (C=O) groups is 2. The number of benzene rings is 2. The first-order valence-electron chi connectivity index (χ1n) is 17.2. The second-order valence-electron chi connectivity index (χ2n) is 15.4. The number of carboxylic acids is 1. The van der Waals surface area contributed by atoms with Gasteiger partial charge in [-0.2, -0.15) is 0 Å². The van der Waals surface area contributed by atoms with Gasteiger partial charge in [0.05, 0.1) is 18.8 Å². The Bertz CT molecular complexity index is 1510. The van der Waals surface area contributed by atoms with Gasteiger partial charge >= 0.3 is 12.1 Å². The lowest BCUT2D eigenvalue weighted by molar-refractivity contribution is 0.0158. The van der Waals surface area contributed by atoms with Crippen LogP contribution in [0.25, 0.3) is 11.1 Å².